The highest BCUT2D eigenvalue weighted by Crippen LogP contribution is 2.31. The summed E-state index contributed by atoms with van der Waals surface area (Å²) in [5.41, 5.74) is 1.05. The molecule has 0 heterocycles. The highest BCUT2D eigenvalue weighted by molar-refractivity contribution is 5.75. The lowest BCUT2D eigenvalue weighted by molar-refractivity contribution is -0.161. The lowest BCUT2D eigenvalue weighted by atomic mass is 9.86. The van der Waals surface area contributed by atoms with E-state index in [-0.39, 0.29) is 12.4 Å². The van der Waals surface area contributed by atoms with Crippen molar-refractivity contribution in [2.45, 2.75) is 78.0 Å². The van der Waals surface area contributed by atoms with Gasteiger partial charge in [0.2, 0.25) is 0 Å². The minimum absolute atomic E-state index is 0.230. The van der Waals surface area contributed by atoms with Crippen LogP contribution in [0.1, 0.15) is 70.9 Å². The summed E-state index contributed by atoms with van der Waals surface area (Å²) < 4.78 is 43.8. The number of carbonyl (C=O) groups is 2. The van der Waals surface area contributed by atoms with Crippen molar-refractivity contribution >= 4 is 11.9 Å². The first-order valence-electron chi connectivity index (χ1n) is 12.0. The van der Waals surface area contributed by atoms with E-state index in [0.29, 0.717) is 24.8 Å². The molecule has 0 saturated heterocycles. The van der Waals surface area contributed by atoms with Crippen molar-refractivity contribution in [2.24, 2.45) is 11.8 Å². The van der Waals surface area contributed by atoms with Gasteiger partial charge in [-0.15, -0.1) is 0 Å². The van der Waals surface area contributed by atoms with E-state index in [2.05, 4.69) is 0 Å². The molecule has 2 aromatic rings. The second-order valence-electron chi connectivity index (χ2n) is 9.95. The third-order valence-electron chi connectivity index (χ3n) is 5.85. The molecule has 0 unspecified atom stereocenters. The number of rotatable bonds is 11. The average molecular weight is 493 g/mol. The van der Waals surface area contributed by atoms with Crippen molar-refractivity contribution < 1.29 is 32.6 Å². The maximum absolute atomic E-state index is 12.8. The molecular formula is C28H35F3O4. The predicted octanol–water partition coefficient (Wildman–Crippen LogP) is 7.54. The zero-order chi connectivity index (χ0) is 26.2. The first-order chi connectivity index (χ1) is 16.3. The number of carboxylic acid groups (broad SMARTS) is 1. The van der Waals surface area contributed by atoms with E-state index in [0.717, 1.165) is 36.1 Å². The first kappa shape index (κ1) is 28.4. The van der Waals surface area contributed by atoms with Crippen LogP contribution in [0.25, 0.3) is 11.1 Å². The summed E-state index contributed by atoms with van der Waals surface area (Å²) >= 11 is 0. The number of hydrogen-bond donors (Lipinski definition) is 1. The summed E-state index contributed by atoms with van der Waals surface area (Å²) in [4.78, 5) is 24.6. The molecule has 0 aliphatic rings. The Morgan fingerprint density at radius 2 is 1.43 bits per heavy atom. The van der Waals surface area contributed by atoms with Gasteiger partial charge in [-0.1, -0.05) is 56.2 Å². The molecular weight excluding hydrogens is 457 g/mol. The molecule has 192 valence electrons. The van der Waals surface area contributed by atoms with E-state index in [1.54, 1.807) is 20.8 Å². The van der Waals surface area contributed by atoms with Gasteiger partial charge in [0.1, 0.15) is 5.60 Å². The highest BCUT2D eigenvalue weighted by Gasteiger charge is 2.31. The molecule has 0 bridgehead atoms. The van der Waals surface area contributed by atoms with Crippen LogP contribution in [0.15, 0.2) is 48.5 Å². The molecule has 0 radical (unpaired) electrons. The van der Waals surface area contributed by atoms with Crippen LogP contribution in [0, 0.1) is 11.8 Å². The second kappa shape index (κ2) is 12.2. The number of hydrogen-bond acceptors (Lipinski definition) is 3. The summed E-state index contributed by atoms with van der Waals surface area (Å²) in [5, 5.41) is 9.78. The van der Waals surface area contributed by atoms with Crippen LogP contribution < -0.4 is 0 Å². The summed E-state index contributed by atoms with van der Waals surface area (Å²) in [6.45, 7) is 7.41. The van der Waals surface area contributed by atoms with E-state index in [9.17, 15) is 27.9 Å². The Kier molecular flexibility index (Phi) is 9.92. The largest absolute Gasteiger partial charge is 0.481 e. The molecule has 0 aliphatic carbocycles. The van der Waals surface area contributed by atoms with Crippen LogP contribution in [0.4, 0.5) is 13.2 Å². The third-order valence-corrected chi connectivity index (χ3v) is 5.85. The Morgan fingerprint density at radius 1 is 0.886 bits per heavy atom. The van der Waals surface area contributed by atoms with Crippen molar-refractivity contribution in [3.8, 4) is 11.1 Å². The molecule has 2 rings (SSSR count). The van der Waals surface area contributed by atoms with Crippen molar-refractivity contribution in [2.75, 3.05) is 0 Å². The Labute approximate surface area is 205 Å². The van der Waals surface area contributed by atoms with Gasteiger partial charge in [0, 0.05) is 0 Å². The van der Waals surface area contributed by atoms with Gasteiger partial charge in [-0.3, -0.25) is 9.59 Å². The van der Waals surface area contributed by atoms with E-state index < -0.39 is 35.1 Å². The lowest BCUT2D eigenvalue weighted by Gasteiger charge is -2.25. The quantitative estimate of drug-likeness (QED) is 0.329. The molecule has 0 amide bonds. The van der Waals surface area contributed by atoms with Gasteiger partial charge in [-0.25, -0.2) is 0 Å². The van der Waals surface area contributed by atoms with Crippen LogP contribution in [0.5, 0.6) is 0 Å². The number of carbonyl (C=O) groups excluding carboxylic acids is 1. The number of alkyl halides is 3. The van der Waals surface area contributed by atoms with Gasteiger partial charge >= 0.3 is 18.1 Å². The molecule has 0 aromatic heterocycles. The number of ether oxygens (including phenoxy) is 1. The van der Waals surface area contributed by atoms with Crippen molar-refractivity contribution in [1.82, 2.24) is 0 Å². The van der Waals surface area contributed by atoms with Crippen molar-refractivity contribution in [3.63, 3.8) is 0 Å². The summed E-state index contributed by atoms with van der Waals surface area (Å²) in [6.07, 6.45) is -0.934. The van der Waals surface area contributed by atoms with Gasteiger partial charge in [-0.2, -0.15) is 13.2 Å². The number of aryl methyl sites for hydroxylation is 1. The lowest BCUT2D eigenvalue weighted by Crippen LogP contribution is -2.31. The number of halogens is 3. The monoisotopic (exact) mass is 492 g/mol. The van der Waals surface area contributed by atoms with Gasteiger partial charge in [0.25, 0.3) is 0 Å². The van der Waals surface area contributed by atoms with E-state index in [1.165, 1.54) is 12.1 Å². The number of benzene rings is 2. The van der Waals surface area contributed by atoms with Crippen LogP contribution in [-0.2, 0) is 26.9 Å². The molecule has 2 atom stereocenters. The molecule has 0 saturated carbocycles. The summed E-state index contributed by atoms with van der Waals surface area (Å²) in [7, 11) is 0. The Balaban J connectivity index is 2.04. The molecule has 2 aromatic carbocycles. The zero-order valence-corrected chi connectivity index (χ0v) is 20.8. The van der Waals surface area contributed by atoms with Gasteiger partial charge in [-0.05, 0) is 75.3 Å². The molecule has 0 aliphatic heterocycles. The Morgan fingerprint density at radius 3 is 1.89 bits per heavy atom. The minimum atomic E-state index is -4.37. The molecule has 0 spiro atoms. The van der Waals surface area contributed by atoms with Gasteiger partial charge in [0.05, 0.1) is 17.4 Å². The smallest absolute Gasteiger partial charge is 0.416 e. The van der Waals surface area contributed by atoms with E-state index >= 15 is 0 Å². The first-order valence-corrected chi connectivity index (χ1v) is 12.0. The van der Waals surface area contributed by atoms with Crippen LogP contribution in [0.2, 0.25) is 0 Å². The summed E-state index contributed by atoms with van der Waals surface area (Å²) in [5.74, 6) is -2.43. The van der Waals surface area contributed by atoms with Crippen molar-refractivity contribution in [1.29, 1.82) is 0 Å². The number of unbranched alkanes of at least 4 members (excludes halogenated alkanes) is 1. The minimum Gasteiger partial charge on any atom is -0.481 e. The summed E-state index contributed by atoms with van der Waals surface area (Å²) in [6, 6.07) is 12.3. The molecule has 0 fully saturated rings. The van der Waals surface area contributed by atoms with Crippen molar-refractivity contribution in [3.05, 3.63) is 59.7 Å². The fourth-order valence-electron chi connectivity index (χ4n) is 3.91. The number of carboxylic acids is 1. The molecule has 4 nitrogen and oxygen atoms in total. The normalized spacial score (nSPS) is 13.8. The average Bonchev–Trinajstić information content (AvgIpc) is 2.77. The SMILES string of the molecule is CCCC[C@@H](C[C@H](CCc1ccc(-c2ccc(C(F)(F)F)cc2)cc1)C(=O)O)C(=O)OC(C)(C)C. The number of esters is 1. The zero-order valence-electron chi connectivity index (χ0n) is 20.8. The number of aliphatic carboxylic acids is 1. The van der Waals surface area contributed by atoms with Crippen LogP contribution >= 0.6 is 0 Å². The fraction of sp³-hybridized carbons (Fsp3) is 0.500. The van der Waals surface area contributed by atoms with Gasteiger partial charge < -0.3 is 9.84 Å². The molecule has 35 heavy (non-hydrogen) atoms. The molecule has 7 heteroatoms. The highest BCUT2D eigenvalue weighted by atomic mass is 19.4. The van der Waals surface area contributed by atoms with Gasteiger partial charge in [0.15, 0.2) is 0 Å². The topological polar surface area (TPSA) is 63.6 Å². The fourth-order valence-corrected chi connectivity index (χ4v) is 3.91. The van der Waals surface area contributed by atoms with Crippen LogP contribution in [-0.4, -0.2) is 22.6 Å². The van der Waals surface area contributed by atoms with E-state index in [1.807, 2.05) is 31.2 Å². The Bertz CT molecular complexity index is 958. The molecule has 1 N–H and O–H groups in total. The maximum Gasteiger partial charge on any atom is 0.416 e. The third kappa shape index (κ3) is 9.38. The second-order valence-corrected chi connectivity index (χ2v) is 9.95. The Hall–Kier alpha value is -2.83. The predicted molar refractivity (Wildman–Crippen MR) is 130 cm³/mol. The maximum atomic E-state index is 12.8. The standard InChI is InChI=1S/C28H35F3O4/c1-5-6-7-23(26(34)35-27(2,3)4)18-22(25(32)33)13-10-19-8-11-20(12-9-19)21-14-16-24(17-15-21)28(29,30)31/h8-9,11-12,14-17,22-23H,5-7,10,13,18H2,1-4H3,(H,32,33)/t22-,23-/m0/s1. The van der Waals surface area contributed by atoms with Crippen LogP contribution in [0.3, 0.4) is 0 Å². The van der Waals surface area contributed by atoms with E-state index in [4.69, 9.17) is 4.74 Å².